The van der Waals surface area contributed by atoms with Gasteiger partial charge < -0.3 is 14.4 Å². The average molecular weight is 499 g/mol. The number of aryl methyl sites for hydroxylation is 1. The lowest BCUT2D eigenvalue weighted by atomic mass is 9.98. The summed E-state index contributed by atoms with van der Waals surface area (Å²) in [5.41, 5.74) is 2.94. The van der Waals surface area contributed by atoms with Crippen molar-refractivity contribution >= 4 is 33.6 Å². The summed E-state index contributed by atoms with van der Waals surface area (Å²) >= 11 is -1.23. The molecule has 188 valence electrons. The molecule has 1 aliphatic heterocycles. The van der Waals surface area contributed by atoms with E-state index in [0.29, 0.717) is 5.39 Å². The zero-order valence-electron chi connectivity index (χ0n) is 21.4. The molecule has 1 aliphatic rings. The summed E-state index contributed by atoms with van der Waals surface area (Å²) in [6, 6.07) is 12.5. The van der Waals surface area contributed by atoms with Crippen LogP contribution in [-0.4, -0.2) is 40.0 Å². The van der Waals surface area contributed by atoms with Crippen molar-refractivity contribution in [2.45, 2.75) is 45.4 Å². The number of benzene rings is 2. The van der Waals surface area contributed by atoms with Crippen LogP contribution >= 0.6 is 0 Å². The standard InChI is InChI=1S/C27H35FN4O2S/c1-18-15-22(19(2)29-35(34)27(3,4)5)23-17-25(30(6)26(33)24(23)16-18)32-13-11-31(12-14-32)21-9-7-20(28)8-10-21/h7-10,15-17,19,29H,11-14H2,1-6H3/t19-,35?/m1/s1. The smallest absolute Gasteiger partial charge is 0.259 e. The van der Waals surface area contributed by atoms with Crippen LogP contribution in [0.5, 0.6) is 0 Å². The highest BCUT2D eigenvalue weighted by Crippen LogP contribution is 2.30. The molecular weight excluding hydrogens is 463 g/mol. The molecule has 1 fully saturated rings. The van der Waals surface area contributed by atoms with E-state index in [4.69, 9.17) is 0 Å². The second-order valence-corrected chi connectivity index (χ2v) is 12.4. The molecule has 0 spiro atoms. The van der Waals surface area contributed by atoms with Gasteiger partial charge in [0.05, 0.1) is 6.04 Å². The van der Waals surface area contributed by atoms with Crippen LogP contribution in [-0.2, 0) is 18.4 Å². The number of piperazine rings is 1. The zero-order valence-corrected chi connectivity index (χ0v) is 22.2. The lowest BCUT2D eigenvalue weighted by Gasteiger charge is -2.38. The minimum absolute atomic E-state index is 0.0347. The van der Waals surface area contributed by atoms with Gasteiger partial charge in [-0.15, -0.1) is 4.72 Å². The number of hydrogen-bond donors (Lipinski definition) is 1. The predicted octanol–water partition coefficient (Wildman–Crippen LogP) is 4.43. The number of aromatic nitrogens is 1. The Hall–Kier alpha value is -2.55. The van der Waals surface area contributed by atoms with Crippen molar-refractivity contribution in [2.24, 2.45) is 7.05 Å². The minimum atomic E-state index is -1.23. The Morgan fingerprint density at radius 1 is 1.00 bits per heavy atom. The Balaban J connectivity index is 1.66. The first-order valence-electron chi connectivity index (χ1n) is 12.0. The third kappa shape index (κ3) is 5.34. The number of pyridine rings is 1. The molecule has 1 unspecified atom stereocenters. The Labute approximate surface area is 210 Å². The molecule has 0 amide bonds. The van der Waals surface area contributed by atoms with Gasteiger partial charge in [0.1, 0.15) is 16.4 Å². The Bertz CT molecular complexity index is 1260. The lowest BCUT2D eigenvalue weighted by Crippen LogP contribution is -2.48. The molecule has 3 aromatic rings. The maximum Gasteiger partial charge on any atom is 0.259 e. The number of hydrogen-bond acceptors (Lipinski definition) is 5. The highest BCUT2D eigenvalue weighted by molar-refractivity contribution is 7.90. The maximum atomic E-state index is 13.4. The first-order valence-corrected chi connectivity index (χ1v) is 13.2. The molecular formula is C27H35FN4O2S. The normalized spacial score (nSPS) is 16.6. The van der Waals surface area contributed by atoms with Gasteiger partial charge in [0.2, 0.25) is 0 Å². The molecule has 2 atom stereocenters. The van der Waals surface area contributed by atoms with E-state index in [0.717, 1.165) is 54.2 Å². The van der Waals surface area contributed by atoms with Gasteiger partial charge >= 0.3 is 0 Å². The highest BCUT2D eigenvalue weighted by atomic mass is 32.2. The summed E-state index contributed by atoms with van der Waals surface area (Å²) in [4.78, 5) is 17.9. The molecule has 0 bridgehead atoms. The van der Waals surface area contributed by atoms with Crippen molar-refractivity contribution in [1.29, 1.82) is 0 Å². The van der Waals surface area contributed by atoms with E-state index in [9.17, 15) is 13.7 Å². The SMILES string of the molecule is Cc1cc([C@@H](C)N[S+]([O-])C(C)(C)C)c2cc(N3CCN(c4ccc(F)cc4)CC3)n(C)c(=O)c2c1. The first kappa shape index (κ1) is 25.5. The first-order chi connectivity index (χ1) is 16.5. The summed E-state index contributed by atoms with van der Waals surface area (Å²) < 4.78 is 30.7. The van der Waals surface area contributed by atoms with E-state index >= 15 is 0 Å². The molecule has 0 radical (unpaired) electrons. The number of rotatable bonds is 5. The number of fused-ring (bicyclic) bond motifs is 1. The third-order valence-corrected chi connectivity index (χ3v) is 8.29. The Kier molecular flexibility index (Phi) is 7.18. The summed E-state index contributed by atoms with van der Waals surface area (Å²) in [6.07, 6.45) is 0. The van der Waals surface area contributed by atoms with Crippen molar-refractivity contribution < 1.29 is 8.94 Å². The largest absolute Gasteiger partial charge is 0.598 e. The van der Waals surface area contributed by atoms with E-state index in [1.807, 2.05) is 47.7 Å². The monoisotopic (exact) mass is 498 g/mol. The molecule has 0 saturated carbocycles. The van der Waals surface area contributed by atoms with Crippen molar-refractivity contribution in [1.82, 2.24) is 9.29 Å². The van der Waals surface area contributed by atoms with Crippen LogP contribution in [0.1, 0.15) is 44.9 Å². The van der Waals surface area contributed by atoms with Crippen LogP contribution in [0, 0.1) is 12.7 Å². The van der Waals surface area contributed by atoms with Gasteiger partial charge in [-0.25, -0.2) is 4.39 Å². The van der Waals surface area contributed by atoms with Crippen LogP contribution in [0.2, 0.25) is 0 Å². The van der Waals surface area contributed by atoms with E-state index in [2.05, 4.69) is 26.7 Å². The van der Waals surface area contributed by atoms with Gasteiger partial charge in [0.15, 0.2) is 0 Å². The zero-order chi connectivity index (χ0) is 25.5. The highest BCUT2D eigenvalue weighted by Gasteiger charge is 2.29. The number of anilines is 2. The fourth-order valence-corrected chi connectivity index (χ4v) is 5.38. The molecule has 1 aromatic heterocycles. The van der Waals surface area contributed by atoms with Crippen molar-refractivity contribution in [3.05, 3.63) is 69.8 Å². The van der Waals surface area contributed by atoms with Crippen molar-refractivity contribution in [3.8, 4) is 0 Å². The molecule has 0 aliphatic carbocycles. The molecule has 2 heterocycles. The number of nitrogens with one attached hydrogen (secondary N) is 1. The topological polar surface area (TPSA) is 63.6 Å². The van der Waals surface area contributed by atoms with Gasteiger partial charge in [-0.2, -0.15) is 0 Å². The van der Waals surface area contributed by atoms with E-state index in [1.165, 1.54) is 12.1 Å². The van der Waals surface area contributed by atoms with Crippen LogP contribution in [0.25, 0.3) is 10.8 Å². The number of nitrogens with zero attached hydrogens (tertiary/aromatic N) is 3. The van der Waals surface area contributed by atoms with Crippen LogP contribution in [0.4, 0.5) is 15.9 Å². The molecule has 6 nitrogen and oxygen atoms in total. The van der Waals surface area contributed by atoms with Gasteiger partial charge in [-0.3, -0.25) is 9.36 Å². The summed E-state index contributed by atoms with van der Waals surface area (Å²) in [5.74, 6) is 0.634. The molecule has 1 saturated heterocycles. The van der Waals surface area contributed by atoms with Crippen LogP contribution < -0.4 is 20.1 Å². The second kappa shape index (κ2) is 9.84. The van der Waals surface area contributed by atoms with Gasteiger partial charge in [0, 0.05) is 55.7 Å². The van der Waals surface area contributed by atoms with E-state index in [1.54, 1.807) is 16.7 Å². The van der Waals surface area contributed by atoms with Gasteiger partial charge in [-0.05, 0) is 87.5 Å². The Morgan fingerprint density at radius 3 is 2.20 bits per heavy atom. The molecule has 35 heavy (non-hydrogen) atoms. The lowest BCUT2D eigenvalue weighted by molar-refractivity contribution is 0.532. The fourth-order valence-electron chi connectivity index (χ4n) is 4.58. The summed E-state index contributed by atoms with van der Waals surface area (Å²) in [6.45, 7) is 12.9. The van der Waals surface area contributed by atoms with E-state index < -0.39 is 11.4 Å². The van der Waals surface area contributed by atoms with Crippen LogP contribution in [0.15, 0.2) is 47.3 Å². The average Bonchev–Trinajstić information content (AvgIpc) is 2.81. The number of halogens is 1. The molecule has 4 rings (SSSR count). The second-order valence-electron chi connectivity index (χ2n) is 10.4. The quantitative estimate of drug-likeness (QED) is 0.528. The third-order valence-electron chi connectivity index (χ3n) is 6.61. The van der Waals surface area contributed by atoms with E-state index in [-0.39, 0.29) is 22.2 Å². The van der Waals surface area contributed by atoms with Crippen molar-refractivity contribution in [3.63, 3.8) is 0 Å². The minimum Gasteiger partial charge on any atom is -0.598 e. The Morgan fingerprint density at radius 2 is 1.60 bits per heavy atom. The van der Waals surface area contributed by atoms with Gasteiger partial charge in [-0.1, -0.05) is 6.07 Å². The molecule has 8 heteroatoms. The van der Waals surface area contributed by atoms with Gasteiger partial charge in [0.25, 0.3) is 5.56 Å². The fraction of sp³-hybridized carbons (Fsp3) is 0.444. The predicted molar refractivity (Wildman–Crippen MR) is 144 cm³/mol. The molecule has 2 aromatic carbocycles. The summed E-state index contributed by atoms with van der Waals surface area (Å²) in [5, 5.41) is 1.56. The molecule has 1 N–H and O–H groups in total. The maximum absolute atomic E-state index is 13.4. The van der Waals surface area contributed by atoms with Crippen LogP contribution in [0.3, 0.4) is 0 Å². The summed E-state index contributed by atoms with van der Waals surface area (Å²) in [7, 11) is 1.82. The van der Waals surface area contributed by atoms with Crippen molar-refractivity contribution in [2.75, 3.05) is 36.0 Å².